The van der Waals surface area contributed by atoms with Gasteiger partial charge in [0.2, 0.25) is 0 Å². The van der Waals surface area contributed by atoms with Crippen LogP contribution in [0.1, 0.15) is 17.6 Å². The minimum atomic E-state index is 0.475. The fourth-order valence-corrected chi connectivity index (χ4v) is 4.70. The van der Waals surface area contributed by atoms with Gasteiger partial charge in [0.15, 0.2) is 11.0 Å². The number of rotatable bonds is 9. The summed E-state index contributed by atoms with van der Waals surface area (Å²) in [5, 5.41) is 12.7. The summed E-state index contributed by atoms with van der Waals surface area (Å²) in [5.74, 6) is 3.18. The van der Waals surface area contributed by atoms with Crippen LogP contribution in [0, 0.1) is 0 Å². The largest absolute Gasteiger partial charge is 0.496 e. The highest BCUT2D eigenvalue weighted by molar-refractivity contribution is 7.98. The molecule has 0 saturated heterocycles. The second-order valence-corrected chi connectivity index (χ2v) is 8.26. The summed E-state index contributed by atoms with van der Waals surface area (Å²) in [4.78, 5) is 4.68. The molecule has 0 bridgehead atoms. The Bertz CT molecular complexity index is 1100. The molecule has 2 aromatic carbocycles. The summed E-state index contributed by atoms with van der Waals surface area (Å²) in [6.07, 6.45) is 0. The summed E-state index contributed by atoms with van der Waals surface area (Å²) in [6.45, 7) is 3.34. The smallest absolute Gasteiger partial charge is 0.191 e. The standard InChI is InChI=1S/C22H22N4O2S2/c1-3-26-21(18-11-7-8-12-19(18)27-2)24-25-22(26)30-15-16-14-29-20(23-16)13-28-17-9-5-4-6-10-17/h4-12,14H,3,13,15H2,1-2H3. The third kappa shape index (κ3) is 4.66. The number of nitrogens with zero attached hydrogens (tertiary/aromatic N) is 4. The molecule has 2 heterocycles. The van der Waals surface area contributed by atoms with E-state index < -0.39 is 0 Å². The first-order chi connectivity index (χ1) is 14.8. The van der Waals surface area contributed by atoms with E-state index in [0.29, 0.717) is 6.61 Å². The Morgan fingerprint density at radius 3 is 2.63 bits per heavy atom. The fourth-order valence-electron chi connectivity index (χ4n) is 2.99. The van der Waals surface area contributed by atoms with E-state index in [1.807, 2.05) is 54.6 Å². The number of hydrogen-bond donors (Lipinski definition) is 0. The molecule has 4 rings (SSSR count). The maximum absolute atomic E-state index is 5.78. The molecule has 8 heteroatoms. The van der Waals surface area contributed by atoms with Gasteiger partial charge in [0.05, 0.1) is 18.4 Å². The molecule has 0 unspecified atom stereocenters. The summed E-state index contributed by atoms with van der Waals surface area (Å²) in [7, 11) is 1.67. The van der Waals surface area contributed by atoms with Gasteiger partial charge in [0.1, 0.15) is 23.1 Å². The highest BCUT2D eigenvalue weighted by Crippen LogP contribution is 2.31. The quantitative estimate of drug-likeness (QED) is 0.330. The molecule has 0 spiro atoms. The van der Waals surface area contributed by atoms with Crippen LogP contribution >= 0.6 is 23.1 Å². The predicted octanol–water partition coefficient (Wildman–Crippen LogP) is 5.30. The minimum Gasteiger partial charge on any atom is -0.496 e. The van der Waals surface area contributed by atoms with Crippen molar-refractivity contribution in [2.45, 2.75) is 31.0 Å². The average molecular weight is 439 g/mol. The Morgan fingerprint density at radius 1 is 1.03 bits per heavy atom. The van der Waals surface area contributed by atoms with Crippen LogP contribution in [0.4, 0.5) is 0 Å². The lowest BCUT2D eigenvalue weighted by Gasteiger charge is -2.10. The normalized spacial score (nSPS) is 10.9. The number of ether oxygens (including phenoxy) is 2. The van der Waals surface area contributed by atoms with Crippen LogP contribution in [0.5, 0.6) is 11.5 Å². The van der Waals surface area contributed by atoms with Gasteiger partial charge in [0.25, 0.3) is 0 Å². The van der Waals surface area contributed by atoms with Crippen molar-refractivity contribution in [3.63, 3.8) is 0 Å². The highest BCUT2D eigenvalue weighted by Gasteiger charge is 2.17. The summed E-state index contributed by atoms with van der Waals surface area (Å²) in [5.41, 5.74) is 1.95. The second kappa shape index (κ2) is 9.77. The summed E-state index contributed by atoms with van der Waals surface area (Å²) >= 11 is 3.25. The molecule has 30 heavy (non-hydrogen) atoms. The monoisotopic (exact) mass is 438 g/mol. The molecular formula is C22H22N4O2S2. The first-order valence-corrected chi connectivity index (χ1v) is 11.5. The lowest BCUT2D eigenvalue weighted by atomic mass is 10.2. The van der Waals surface area contributed by atoms with Crippen LogP contribution in [-0.2, 0) is 18.9 Å². The molecule has 2 aromatic heterocycles. The Labute approximate surface area is 183 Å². The highest BCUT2D eigenvalue weighted by atomic mass is 32.2. The lowest BCUT2D eigenvalue weighted by molar-refractivity contribution is 0.305. The van der Waals surface area contributed by atoms with E-state index in [-0.39, 0.29) is 0 Å². The van der Waals surface area contributed by atoms with Crippen LogP contribution in [0.25, 0.3) is 11.4 Å². The summed E-state index contributed by atoms with van der Waals surface area (Å²) in [6, 6.07) is 17.7. The van der Waals surface area contributed by atoms with Gasteiger partial charge in [-0.25, -0.2) is 4.98 Å². The molecule has 154 valence electrons. The Morgan fingerprint density at radius 2 is 1.83 bits per heavy atom. The van der Waals surface area contributed by atoms with Crippen molar-refractivity contribution >= 4 is 23.1 Å². The van der Waals surface area contributed by atoms with E-state index in [9.17, 15) is 0 Å². The molecule has 0 radical (unpaired) electrons. The van der Waals surface area contributed by atoms with E-state index in [1.54, 1.807) is 30.2 Å². The van der Waals surface area contributed by atoms with Gasteiger partial charge in [-0.2, -0.15) is 0 Å². The maximum atomic E-state index is 5.78. The Balaban J connectivity index is 1.42. The molecule has 0 fully saturated rings. The van der Waals surface area contributed by atoms with E-state index >= 15 is 0 Å². The van der Waals surface area contributed by atoms with Crippen molar-refractivity contribution in [3.05, 3.63) is 70.7 Å². The van der Waals surface area contributed by atoms with Crippen molar-refractivity contribution in [3.8, 4) is 22.9 Å². The van der Waals surface area contributed by atoms with Crippen LogP contribution in [0.2, 0.25) is 0 Å². The lowest BCUT2D eigenvalue weighted by Crippen LogP contribution is -2.01. The molecule has 0 aliphatic carbocycles. The number of aromatic nitrogens is 4. The van der Waals surface area contributed by atoms with Gasteiger partial charge in [0, 0.05) is 17.7 Å². The average Bonchev–Trinajstić information content (AvgIpc) is 3.43. The van der Waals surface area contributed by atoms with Crippen molar-refractivity contribution in [1.29, 1.82) is 0 Å². The molecule has 0 aliphatic heterocycles. The minimum absolute atomic E-state index is 0.475. The zero-order valence-electron chi connectivity index (χ0n) is 16.8. The van der Waals surface area contributed by atoms with Gasteiger partial charge >= 0.3 is 0 Å². The maximum Gasteiger partial charge on any atom is 0.191 e. The molecule has 4 aromatic rings. The molecule has 0 saturated carbocycles. The third-order valence-corrected chi connectivity index (χ3v) is 6.31. The molecule has 0 aliphatic rings. The van der Waals surface area contributed by atoms with Crippen LogP contribution in [0.3, 0.4) is 0 Å². The van der Waals surface area contributed by atoms with Gasteiger partial charge < -0.3 is 14.0 Å². The Hall–Kier alpha value is -2.84. The van der Waals surface area contributed by atoms with E-state index in [1.165, 1.54) is 0 Å². The first kappa shape index (κ1) is 20.4. The first-order valence-electron chi connectivity index (χ1n) is 9.59. The van der Waals surface area contributed by atoms with E-state index in [2.05, 4.69) is 32.1 Å². The molecule has 6 nitrogen and oxygen atoms in total. The number of thioether (sulfide) groups is 1. The van der Waals surface area contributed by atoms with Crippen LogP contribution in [0.15, 0.2) is 65.1 Å². The number of thiazole rings is 1. The molecule has 0 atom stereocenters. The van der Waals surface area contributed by atoms with Crippen LogP contribution in [-0.4, -0.2) is 26.9 Å². The van der Waals surface area contributed by atoms with Crippen molar-refractivity contribution in [2.75, 3.05) is 7.11 Å². The van der Waals surface area contributed by atoms with E-state index in [0.717, 1.165) is 51.0 Å². The summed E-state index contributed by atoms with van der Waals surface area (Å²) < 4.78 is 13.4. The number of hydrogen-bond acceptors (Lipinski definition) is 7. The number of para-hydroxylation sites is 2. The fraction of sp³-hybridized carbons (Fsp3) is 0.227. The molecular weight excluding hydrogens is 416 g/mol. The van der Waals surface area contributed by atoms with Gasteiger partial charge in [-0.15, -0.1) is 21.5 Å². The topological polar surface area (TPSA) is 62.1 Å². The zero-order valence-corrected chi connectivity index (χ0v) is 18.4. The van der Waals surface area contributed by atoms with Gasteiger partial charge in [-0.05, 0) is 31.2 Å². The molecule has 0 amide bonds. The van der Waals surface area contributed by atoms with Crippen molar-refractivity contribution in [1.82, 2.24) is 19.7 Å². The predicted molar refractivity (Wildman–Crippen MR) is 120 cm³/mol. The van der Waals surface area contributed by atoms with Crippen molar-refractivity contribution in [2.24, 2.45) is 0 Å². The SMILES string of the molecule is CCn1c(SCc2csc(COc3ccccc3)n2)nnc1-c1ccccc1OC. The van der Waals surface area contributed by atoms with E-state index in [4.69, 9.17) is 9.47 Å². The zero-order chi connectivity index (χ0) is 20.8. The Kier molecular flexibility index (Phi) is 6.66. The van der Waals surface area contributed by atoms with Crippen LogP contribution < -0.4 is 9.47 Å². The second-order valence-electron chi connectivity index (χ2n) is 6.37. The van der Waals surface area contributed by atoms with Gasteiger partial charge in [-0.3, -0.25) is 0 Å². The molecule has 0 N–H and O–H groups in total. The van der Waals surface area contributed by atoms with Gasteiger partial charge in [-0.1, -0.05) is 42.1 Å². The van der Waals surface area contributed by atoms with Crippen molar-refractivity contribution < 1.29 is 9.47 Å². The number of benzene rings is 2. The third-order valence-electron chi connectivity index (χ3n) is 4.43. The number of methoxy groups -OCH3 is 1.